The number of aliphatic imine (C=N–C) groups is 1. The molecule has 0 aromatic carbocycles. The molecule has 0 aliphatic carbocycles. The first-order valence-corrected chi connectivity index (χ1v) is 6.91. The summed E-state index contributed by atoms with van der Waals surface area (Å²) in [6.07, 6.45) is 2.51. The lowest BCUT2D eigenvalue weighted by Gasteiger charge is -2.11. The Morgan fingerprint density at radius 3 is 2.67 bits per heavy atom. The summed E-state index contributed by atoms with van der Waals surface area (Å²) in [5, 5.41) is 5.31. The molecule has 1 aliphatic rings. The highest BCUT2D eigenvalue weighted by Gasteiger charge is 2.19. The van der Waals surface area contributed by atoms with Gasteiger partial charge in [0.2, 0.25) is 0 Å². The second kappa shape index (κ2) is 6.41. The van der Waals surface area contributed by atoms with Crippen LogP contribution in [0, 0.1) is 11.8 Å². The summed E-state index contributed by atoms with van der Waals surface area (Å²) in [5.41, 5.74) is 0. The first-order valence-electron chi connectivity index (χ1n) is 6.03. The maximum absolute atomic E-state index is 4.54. The molecule has 15 heavy (non-hydrogen) atoms. The molecule has 1 aliphatic heterocycles. The van der Waals surface area contributed by atoms with Crippen molar-refractivity contribution in [3.63, 3.8) is 0 Å². The molecule has 1 rings (SSSR count). The Kier molecular flexibility index (Phi) is 5.51. The Hall–Kier alpha value is -0.180. The summed E-state index contributed by atoms with van der Waals surface area (Å²) in [6, 6.07) is 0. The third-order valence-corrected chi connectivity index (χ3v) is 3.62. The number of thioether (sulfide) groups is 1. The highest BCUT2D eigenvalue weighted by Crippen LogP contribution is 2.25. The van der Waals surface area contributed by atoms with Crippen LogP contribution in [-0.4, -0.2) is 23.5 Å². The normalized spacial score (nSPS) is 21.2. The zero-order chi connectivity index (χ0) is 11.3. The minimum absolute atomic E-state index is 0.714. The highest BCUT2D eigenvalue weighted by molar-refractivity contribution is 8.14. The number of nitrogens with zero attached hydrogens (tertiary/aromatic N) is 1. The van der Waals surface area contributed by atoms with Gasteiger partial charge in [0.15, 0.2) is 5.17 Å². The lowest BCUT2D eigenvalue weighted by Crippen LogP contribution is -2.22. The third kappa shape index (κ3) is 5.45. The summed E-state index contributed by atoms with van der Waals surface area (Å²) >= 11 is 1.93. The van der Waals surface area contributed by atoms with E-state index in [2.05, 4.69) is 38.0 Å². The molecule has 0 bridgehead atoms. The smallest absolute Gasteiger partial charge is 0.156 e. The summed E-state index contributed by atoms with van der Waals surface area (Å²) < 4.78 is 0. The fourth-order valence-electron chi connectivity index (χ4n) is 1.63. The molecule has 1 unspecified atom stereocenters. The van der Waals surface area contributed by atoms with Gasteiger partial charge in [-0.25, -0.2) is 0 Å². The second-order valence-electron chi connectivity index (χ2n) is 5.12. The number of nitrogens with one attached hydrogen (secondary N) is 1. The summed E-state index contributed by atoms with van der Waals surface area (Å²) in [4.78, 5) is 4.54. The van der Waals surface area contributed by atoms with Crippen LogP contribution in [0.5, 0.6) is 0 Å². The average Bonchev–Trinajstić information content (AvgIpc) is 2.50. The molecule has 0 saturated heterocycles. The van der Waals surface area contributed by atoms with Crippen LogP contribution < -0.4 is 5.32 Å². The fourth-order valence-corrected chi connectivity index (χ4v) is 2.91. The van der Waals surface area contributed by atoms with Gasteiger partial charge < -0.3 is 5.32 Å². The van der Waals surface area contributed by atoms with E-state index in [1.54, 1.807) is 0 Å². The van der Waals surface area contributed by atoms with Crippen molar-refractivity contribution >= 4 is 16.9 Å². The van der Waals surface area contributed by atoms with Gasteiger partial charge >= 0.3 is 0 Å². The first-order chi connectivity index (χ1) is 7.08. The molecule has 0 spiro atoms. The quantitative estimate of drug-likeness (QED) is 0.782. The SMILES string of the molecule is CC(C)CCNC1=NCC(CC(C)C)S1. The Labute approximate surface area is 98.3 Å². The summed E-state index contributed by atoms with van der Waals surface area (Å²) in [6.45, 7) is 11.2. The zero-order valence-electron chi connectivity index (χ0n) is 10.4. The van der Waals surface area contributed by atoms with E-state index in [0.29, 0.717) is 5.25 Å². The largest absolute Gasteiger partial charge is 0.365 e. The summed E-state index contributed by atoms with van der Waals surface area (Å²) in [7, 11) is 0. The lowest BCUT2D eigenvalue weighted by atomic mass is 10.1. The molecule has 0 aromatic heterocycles. The molecular formula is C12H24N2S. The van der Waals surface area contributed by atoms with Gasteiger partial charge in [-0.15, -0.1) is 0 Å². The first kappa shape index (κ1) is 12.9. The van der Waals surface area contributed by atoms with E-state index in [1.807, 2.05) is 11.8 Å². The van der Waals surface area contributed by atoms with E-state index >= 15 is 0 Å². The van der Waals surface area contributed by atoms with E-state index in [9.17, 15) is 0 Å². The van der Waals surface area contributed by atoms with Gasteiger partial charge in [-0.05, 0) is 24.7 Å². The van der Waals surface area contributed by atoms with Crippen molar-refractivity contribution < 1.29 is 0 Å². The molecule has 0 radical (unpaired) electrons. The Bertz CT molecular complexity index is 212. The van der Waals surface area contributed by atoms with E-state index in [0.717, 1.165) is 24.9 Å². The van der Waals surface area contributed by atoms with Crippen LogP contribution in [0.15, 0.2) is 4.99 Å². The van der Waals surface area contributed by atoms with Gasteiger partial charge in [0, 0.05) is 11.8 Å². The van der Waals surface area contributed by atoms with Crippen LogP contribution >= 0.6 is 11.8 Å². The van der Waals surface area contributed by atoms with E-state index in [-0.39, 0.29) is 0 Å². The van der Waals surface area contributed by atoms with Crippen molar-refractivity contribution in [2.24, 2.45) is 16.8 Å². The number of amidine groups is 1. The van der Waals surface area contributed by atoms with E-state index in [4.69, 9.17) is 0 Å². The van der Waals surface area contributed by atoms with Crippen molar-refractivity contribution in [1.82, 2.24) is 5.32 Å². The van der Waals surface area contributed by atoms with Crippen LogP contribution in [0.2, 0.25) is 0 Å². The molecule has 0 amide bonds. The Morgan fingerprint density at radius 1 is 1.33 bits per heavy atom. The predicted octanol–water partition coefficient (Wildman–Crippen LogP) is 3.14. The molecule has 0 saturated carbocycles. The van der Waals surface area contributed by atoms with Gasteiger partial charge in [0.05, 0.1) is 6.54 Å². The third-order valence-electron chi connectivity index (χ3n) is 2.45. The molecule has 0 fully saturated rings. The Morgan fingerprint density at radius 2 is 2.07 bits per heavy atom. The van der Waals surface area contributed by atoms with E-state index in [1.165, 1.54) is 18.0 Å². The molecule has 1 N–H and O–H groups in total. The highest BCUT2D eigenvalue weighted by atomic mass is 32.2. The molecule has 0 aromatic rings. The van der Waals surface area contributed by atoms with E-state index < -0.39 is 0 Å². The second-order valence-corrected chi connectivity index (χ2v) is 6.41. The zero-order valence-corrected chi connectivity index (χ0v) is 11.2. The van der Waals surface area contributed by atoms with Gasteiger partial charge in [-0.2, -0.15) is 0 Å². The van der Waals surface area contributed by atoms with Crippen molar-refractivity contribution in [2.75, 3.05) is 13.1 Å². The molecule has 3 heteroatoms. The van der Waals surface area contributed by atoms with Crippen LogP contribution in [0.3, 0.4) is 0 Å². The van der Waals surface area contributed by atoms with Crippen molar-refractivity contribution in [3.05, 3.63) is 0 Å². The topological polar surface area (TPSA) is 24.4 Å². The van der Waals surface area contributed by atoms with Crippen molar-refractivity contribution in [3.8, 4) is 0 Å². The number of hydrogen-bond acceptors (Lipinski definition) is 3. The predicted molar refractivity (Wildman–Crippen MR) is 70.6 cm³/mol. The lowest BCUT2D eigenvalue weighted by molar-refractivity contribution is 0.574. The van der Waals surface area contributed by atoms with Crippen LogP contribution in [-0.2, 0) is 0 Å². The minimum Gasteiger partial charge on any atom is -0.365 e. The monoisotopic (exact) mass is 228 g/mol. The molecule has 1 atom stereocenters. The maximum atomic E-state index is 4.54. The standard InChI is InChI=1S/C12H24N2S/c1-9(2)5-6-13-12-14-8-11(15-12)7-10(3)4/h9-11H,5-8H2,1-4H3,(H,13,14). The van der Waals surface area contributed by atoms with Gasteiger partial charge in [0.25, 0.3) is 0 Å². The van der Waals surface area contributed by atoms with Crippen molar-refractivity contribution in [2.45, 2.75) is 45.8 Å². The molecule has 1 heterocycles. The van der Waals surface area contributed by atoms with Gasteiger partial charge in [-0.3, -0.25) is 4.99 Å². The molecule has 88 valence electrons. The summed E-state index contributed by atoms with van der Waals surface area (Å²) in [5.74, 6) is 1.56. The number of rotatable bonds is 5. The fraction of sp³-hybridized carbons (Fsp3) is 0.917. The van der Waals surface area contributed by atoms with Crippen LogP contribution in [0.1, 0.15) is 40.5 Å². The van der Waals surface area contributed by atoms with Gasteiger partial charge in [-0.1, -0.05) is 39.5 Å². The average molecular weight is 228 g/mol. The minimum atomic E-state index is 0.714. The molecular weight excluding hydrogens is 204 g/mol. The number of hydrogen-bond donors (Lipinski definition) is 1. The van der Waals surface area contributed by atoms with Gasteiger partial charge in [0.1, 0.15) is 0 Å². The Balaban J connectivity index is 2.13. The molecule has 2 nitrogen and oxygen atoms in total. The van der Waals surface area contributed by atoms with Crippen LogP contribution in [0.4, 0.5) is 0 Å². The van der Waals surface area contributed by atoms with Crippen LogP contribution in [0.25, 0.3) is 0 Å². The van der Waals surface area contributed by atoms with Crippen molar-refractivity contribution in [1.29, 1.82) is 0 Å². The maximum Gasteiger partial charge on any atom is 0.156 e.